The van der Waals surface area contributed by atoms with Crippen molar-refractivity contribution in [1.82, 2.24) is 0 Å². The first-order valence-corrected chi connectivity index (χ1v) is 20.0. The third-order valence-corrected chi connectivity index (χ3v) is 12.8. The Kier molecular flexibility index (Phi) is 7.33. The second-order valence-electron chi connectivity index (χ2n) is 16.3. The molecule has 0 amide bonds. The van der Waals surface area contributed by atoms with Gasteiger partial charge in [0.15, 0.2) is 5.58 Å². The largest absolute Gasteiger partial charge is 0.454 e. The molecular formula is C53H43NO. The Bertz CT molecular complexity index is 2960. The van der Waals surface area contributed by atoms with E-state index in [2.05, 4.69) is 176 Å². The van der Waals surface area contributed by atoms with Gasteiger partial charge in [0.2, 0.25) is 0 Å². The fraction of sp³-hybridized carbons (Fsp3) is 0.170. The molecule has 2 aliphatic carbocycles. The molecule has 2 aliphatic rings. The summed E-state index contributed by atoms with van der Waals surface area (Å²) in [5.74, 6) is 0.532. The van der Waals surface area contributed by atoms with Gasteiger partial charge in [-0.05, 0) is 98.6 Å². The van der Waals surface area contributed by atoms with E-state index < -0.39 is 0 Å². The van der Waals surface area contributed by atoms with Gasteiger partial charge in [-0.3, -0.25) is 0 Å². The van der Waals surface area contributed by atoms with Crippen LogP contribution in [-0.4, -0.2) is 0 Å². The maximum Gasteiger partial charge on any atom is 0.159 e. The minimum absolute atomic E-state index is 0.0847. The molecule has 0 bridgehead atoms. The standard InChI is InChI=1S/C53H43NO/c1-53(2)46-22-12-10-20-43(46)45-33-39(27-30-47(45)53)54(48-31-29-40(35-15-4-3-5-16-35)50-44-21-11-13-23-49(44)55-52(48)50)51-41-19-9-8-17-36(41)26-28-42(51)38-25-24-34-14-6-7-18-37(34)32-38/h6-14,17-33,35H,3-5,15-16H2,1-2H3. The topological polar surface area (TPSA) is 16.4 Å². The third kappa shape index (κ3) is 5.01. The highest BCUT2D eigenvalue weighted by atomic mass is 16.3. The molecule has 0 saturated heterocycles. The van der Waals surface area contributed by atoms with Gasteiger partial charge in [0.05, 0.1) is 11.4 Å². The summed E-state index contributed by atoms with van der Waals surface area (Å²) in [7, 11) is 0. The summed E-state index contributed by atoms with van der Waals surface area (Å²) >= 11 is 0. The first-order valence-electron chi connectivity index (χ1n) is 20.0. The van der Waals surface area contributed by atoms with Crippen LogP contribution >= 0.6 is 0 Å². The number of fused-ring (bicyclic) bond motifs is 8. The Labute approximate surface area is 322 Å². The Balaban J connectivity index is 1.25. The van der Waals surface area contributed by atoms with E-state index in [1.165, 1.54) is 103 Å². The summed E-state index contributed by atoms with van der Waals surface area (Å²) in [6.45, 7) is 4.72. The van der Waals surface area contributed by atoms with Crippen LogP contribution in [0.3, 0.4) is 0 Å². The Hall–Kier alpha value is -6.12. The van der Waals surface area contributed by atoms with Gasteiger partial charge in [0.1, 0.15) is 5.58 Å². The van der Waals surface area contributed by atoms with Crippen molar-refractivity contribution in [1.29, 1.82) is 0 Å². The van der Waals surface area contributed by atoms with Crippen LogP contribution in [0.2, 0.25) is 0 Å². The average molecular weight is 710 g/mol. The highest BCUT2D eigenvalue weighted by Gasteiger charge is 2.36. The smallest absolute Gasteiger partial charge is 0.159 e. The fourth-order valence-corrected chi connectivity index (χ4v) is 10.1. The molecule has 0 spiro atoms. The summed E-state index contributed by atoms with van der Waals surface area (Å²) in [6.07, 6.45) is 6.36. The number of furan rings is 1. The molecule has 8 aromatic carbocycles. The predicted octanol–water partition coefficient (Wildman–Crippen LogP) is 15.4. The highest BCUT2D eigenvalue weighted by molar-refractivity contribution is 6.15. The van der Waals surface area contributed by atoms with Crippen LogP contribution in [0.15, 0.2) is 162 Å². The minimum atomic E-state index is -0.0847. The van der Waals surface area contributed by atoms with E-state index >= 15 is 0 Å². The van der Waals surface area contributed by atoms with E-state index in [1.54, 1.807) is 0 Å². The molecule has 1 heterocycles. The Morgan fingerprint density at radius 2 is 1.25 bits per heavy atom. The van der Waals surface area contributed by atoms with Crippen molar-refractivity contribution >= 4 is 60.5 Å². The lowest BCUT2D eigenvalue weighted by atomic mass is 9.82. The number of rotatable bonds is 5. The minimum Gasteiger partial charge on any atom is -0.454 e. The molecule has 0 atom stereocenters. The van der Waals surface area contributed by atoms with E-state index in [0.29, 0.717) is 5.92 Å². The van der Waals surface area contributed by atoms with Crippen LogP contribution in [0.4, 0.5) is 17.1 Å². The molecule has 55 heavy (non-hydrogen) atoms. The van der Waals surface area contributed by atoms with E-state index in [1.807, 2.05) is 0 Å². The molecule has 1 aromatic heterocycles. The van der Waals surface area contributed by atoms with Crippen LogP contribution in [0.1, 0.15) is 68.6 Å². The van der Waals surface area contributed by atoms with Gasteiger partial charge in [-0.25, -0.2) is 0 Å². The van der Waals surface area contributed by atoms with Crippen LogP contribution in [-0.2, 0) is 5.41 Å². The lowest BCUT2D eigenvalue weighted by Crippen LogP contribution is -2.16. The maximum atomic E-state index is 7.09. The predicted molar refractivity (Wildman–Crippen MR) is 232 cm³/mol. The van der Waals surface area contributed by atoms with Crippen molar-refractivity contribution in [2.45, 2.75) is 57.3 Å². The summed E-state index contributed by atoms with van der Waals surface area (Å²) in [5, 5.41) is 7.36. The van der Waals surface area contributed by atoms with Gasteiger partial charge in [0.25, 0.3) is 0 Å². The average Bonchev–Trinajstić information content (AvgIpc) is 3.74. The van der Waals surface area contributed by atoms with Crippen molar-refractivity contribution in [3.63, 3.8) is 0 Å². The number of anilines is 3. The summed E-state index contributed by atoms with van der Waals surface area (Å²) in [5.41, 5.74) is 14.3. The number of nitrogens with zero attached hydrogens (tertiary/aromatic N) is 1. The van der Waals surface area contributed by atoms with Gasteiger partial charge in [-0.1, -0.05) is 161 Å². The van der Waals surface area contributed by atoms with Gasteiger partial charge < -0.3 is 9.32 Å². The summed E-state index contributed by atoms with van der Waals surface area (Å²) < 4.78 is 7.09. The molecule has 9 aromatic rings. The quantitative estimate of drug-likeness (QED) is 0.177. The van der Waals surface area contributed by atoms with E-state index in [9.17, 15) is 0 Å². The normalized spacial score (nSPS) is 15.2. The number of hydrogen-bond acceptors (Lipinski definition) is 2. The highest BCUT2D eigenvalue weighted by Crippen LogP contribution is 2.54. The van der Waals surface area contributed by atoms with Crippen LogP contribution in [0, 0.1) is 0 Å². The first-order chi connectivity index (χ1) is 27.0. The van der Waals surface area contributed by atoms with E-state index in [4.69, 9.17) is 4.42 Å². The molecule has 1 fully saturated rings. The van der Waals surface area contributed by atoms with E-state index in [0.717, 1.165) is 28.2 Å². The zero-order valence-corrected chi connectivity index (χ0v) is 31.5. The molecule has 11 rings (SSSR count). The van der Waals surface area contributed by atoms with Gasteiger partial charge in [0, 0.05) is 32.8 Å². The Morgan fingerprint density at radius 3 is 2.13 bits per heavy atom. The van der Waals surface area contributed by atoms with E-state index in [-0.39, 0.29) is 5.41 Å². The monoisotopic (exact) mass is 709 g/mol. The third-order valence-electron chi connectivity index (χ3n) is 12.8. The van der Waals surface area contributed by atoms with Crippen molar-refractivity contribution in [3.8, 4) is 22.3 Å². The van der Waals surface area contributed by atoms with Gasteiger partial charge in [-0.15, -0.1) is 0 Å². The maximum absolute atomic E-state index is 7.09. The van der Waals surface area contributed by atoms with Crippen molar-refractivity contribution in [2.75, 3.05) is 4.90 Å². The SMILES string of the molecule is CC1(C)c2ccccc2-c2cc(N(c3c(-c4ccc5ccccc5c4)ccc4ccccc34)c3ccc(C4CCCCC4)c4c3oc3ccccc34)ccc21. The molecule has 0 unspecified atom stereocenters. The van der Waals surface area contributed by atoms with Crippen molar-refractivity contribution in [2.24, 2.45) is 0 Å². The number of para-hydroxylation sites is 1. The molecular weight excluding hydrogens is 667 g/mol. The molecule has 2 nitrogen and oxygen atoms in total. The molecule has 0 radical (unpaired) electrons. The summed E-state index contributed by atoms with van der Waals surface area (Å²) in [6, 6.07) is 58.6. The van der Waals surface area contributed by atoms with Crippen LogP contribution in [0.5, 0.6) is 0 Å². The second kappa shape index (κ2) is 12.5. The van der Waals surface area contributed by atoms with Crippen molar-refractivity contribution < 1.29 is 4.42 Å². The fourth-order valence-electron chi connectivity index (χ4n) is 10.1. The lowest BCUT2D eigenvalue weighted by molar-refractivity contribution is 0.445. The molecule has 2 heteroatoms. The van der Waals surface area contributed by atoms with Gasteiger partial charge >= 0.3 is 0 Å². The van der Waals surface area contributed by atoms with Crippen molar-refractivity contribution in [3.05, 3.63) is 174 Å². The molecule has 0 N–H and O–H groups in total. The summed E-state index contributed by atoms with van der Waals surface area (Å²) in [4.78, 5) is 2.52. The molecule has 1 saturated carbocycles. The van der Waals surface area contributed by atoms with Gasteiger partial charge in [-0.2, -0.15) is 0 Å². The number of hydrogen-bond donors (Lipinski definition) is 0. The zero-order valence-electron chi connectivity index (χ0n) is 31.5. The van der Waals surface area contributed by atoms with Crippen LogP contribution < -0.4 is 4.90 Å². The lowest BCUT2D eigenvalue weighted by Gasteiger charge is -2.31. The number of benzene rings is 8. The second-order valence-corrected chi connectivity index (χ2v) is 16.3. The Morgan fingerprint density at radius 1 is 0.545 bits per heavy atom. The molecule has 0 aliphatic heterocycles. The zero-order chi connectivity index (χ0) is 36.7. The van der Waals surface area contributed by atoms with Crippen LogP contribution in [0.25, 0.3) is 65.7 Å². The first kappa shape index (κ1) is 32.3. The molecule has 266 valence electrons.